The third-order valence-electron chi connectivity index (χ3n) is 5.65. The van der Waals surface area contributed by atoms with Crippen molar-refractivity contribution in [3.8, 4) is 28.6 Å². The number of hydrogen-bond acceptors (Lipinski definition) is 7. The third-order valence-corrected chi connectivity index (χ3v) is 5.65. The van der Waals surface area contributed by atoms with Crippen molar-refractivity contribution in [3.63, 3.8) is 0 Å². The number of hydrogen-bond donors (Lipinski definition) is 0. The molecule has 1 aliphatic rings. The summed E-state index contributed by atoms with van der Waals surface area (Å²) < 4.78 is 22.1. The van der Waals surface area contributed by atoms with Gasteiger partial charge in [0, 0.05) is 56.5 Å². The summed E-state index contributed by atoms with van der Waals surface area (Å²) in [5.41, 5.74) is 3.11. The van der Waals surface area contributed by atoms with Crippen LogP contribution in [0.2, 0.25) is 0 Å². The molecule has 7 heteroatoms. The van der Waals surface area contributed by atoms with E-state index in [1.165, 1.54) is 0 Å². The first-order chi connectivity index (χ1) is 15.2. The normalized spacial score (nSPS) is 15.1. The Labute approximate surface area is 183 Å². The second-order valence-corrected chi connectivity index (χ2v) is 7.59. The smallest absolute Gasteiger partial charge is 0.203 e. The van der Waals surface area contributed by atoms with Gasteiger partial charge in [0.05, 0.1) is 27.0 Å². The Bertz CT molecular complexity index is 982. The van der Waals surface area contributed by atoms with Gasteiger partial charge < -0.3 is 18.7 Å². The maximum absolute atomic E-state index is 5.63. The zero-order valence-electron chi connectivity index (χ0n) is 18.3. The van der Waals surface area contributed by atoms with Gasteiger partial charge >= 0.3 is 0 Å². The van der Waals surface area contributed by atoms with Gasteiger partial charge in [-0.2, -0.15) is 0 Å². The predicted molar refractivity (Wildman–Crippen MR) is 119 cm³/mol. The van der Waals surface area contributed by atoms with Crippen molar-refractivity contribution in [3.05, 3.63) is 59.8 Å². The zero-order valence-corrected chi connectivity index (χ0v) is 18.3. The summed E-state index contributed by atoms with van der Waals surface area (Å²) in [6, 6.07) is 16.1. The summed E-state index contributed by atoms with van der Waals surface area (Å²) in [5, 5.41) is 4.26. The van der Waals surface area contributed by atoms with Gasteiger partial charge in [-0.1, -0.05) is 41.6 Å². The first-order valence-corrected chi connectivity index (χ1v) is 10.5. The van der Waals surface area contributed by atoms with Crippen molar-refractivity contribution in [1.82, 2.24) is 15.0 Å². The summed E-state index contributed by atoms with van der Waals surface area (Å²) in [5.74, 6) is 2.87. The Morgan fingerprint density at radius 1 is 0.806 bits per heavy atom. The van der Waals surface area contributed by atoms with Crippen LogP contribution in [0.1, 0.15) is 11.3 Å². The Hall–Kier alpha value is -3.03. The molecular weight excluding hydrogens is 394 g/mol. The fourth-order valence-corrected chi connectivity index (χ4v) is 3.99. The summed E-state index contributed by atoms with van der Waals surface area (Å²) in [7, 11) is 4.93. The number of ether oxygens (including phenoxy) is 3. The van der Waals surface area contributed by atoms with E-state index in [4.69, 9.17) is 18.7 Å². The summed E-state index contributed by atoms with van der Waals surface area (Å²) in [6.07, 6.45) is 0. The fourth-order valence-electron chi connectivity index (χ4n) is 3.99. The van der Waals surface area contributed by atoms with Crippen LogP contribution in [0.15, 0.2) is 53.1 Å². The average molecular weight is 424 g/mol. The fraction of sp³-hybridized carbons (Fsp3) is 0.375. The van der Waals surface area contributed by atoms with Crippen molar-refractivity contribution in [2.75, 3.05) is 47.5 Å². The molecule has 0 atom stereocenters. The number of aromatic nitrogens is 1. The first-order valence-electron chi connectivity index (χ1n) is 10.5. The van der Waals surface area contributed by atoms with E-state index in [0.717, 1.165) is 67.6 Å². The second kappa shape index (κ2) is 9.85. The quantitative estimate of drug-likeness (QED) is 0.548. The van der Waals surface area contributed by atoms with E-state index >= 15 is 0 Å². The highest BCUT2D eigenvalue weighted by atomic mass is 16.5. The van der Waals surface area contributed by atoms with Crippen LogP contribution >= 0.6 is 0 Å². The molecular formula is C24H29N3O4. The Morgan fingerprint density at radius 3 is 2.13 bits per heavy atom. The zero-order chi connectivity index (χ0) is 21.6. The lowest BCUT2D eigenvalue weighted by Gasteiger charge is -2.34. The number of benzene rings is 2. The third kappa shape index (κ3) is 4.84. The summed E-state index contributed by atoms with van der Waals surface area (Å²) in [4.78, 5) is 4.84. The van der Waals surface area contributed by atoms with E-state index in [9.17, 15) is 0 Å². The molecule has 31 heavy (non-hydrogen) atoms. The number of rotatable bonds is 8. The Kier molecular flexibility index (Phi) is 6.74. The molecule has 2 heterocycles. The largest absolute Gasteiger partial charge is 0.493 e. The lowest BCUT2D eigenvalue weighted by atomic mass is 10.1. The van der Waals surface area contributed by atoms with Crippen LogP contribution < -0.4 is 14.2 Å². The van der Waals surface area contributed by atoms with E-state index in [0.29, 0.717) is 11.5 Å². The molecule has 1 saturated heterocycles. The van der Waals surface area contributed by atoms with Crippen LogP contribution in [0.3, 0.4) is 0 Å². The van der Waals surface area contributed by atoms with Gasteiger partial charge in [-0.3, -0.25) is 9.80 Å². The molecule has 0 amide bonds. The van der Waals surface area contributed by atoms with Crippen LogP contribution in [0.25, 0.3) is 11.3 Å². The molecule has 164 valence electrons. The molecule has 0 N–H and O–H groups in total. The van der Waals surface area contributed by atoms with Gasteiger partial charge in [0.2, 0.25) is 5.75 Å². The number of piperazine rings is 1. The van der Waals surface area contributed by atoms with E-state index in [1.54, 1.807) is 21.3 Å². The molecule has 3 aromatic rings. The van der Waals surface area contributed by atoms with Crippen LogP contribution in [0.4, 0.5) is 0 Å². The van der Waals surface area contributed by atoms with Crippen molar-refractivity contribution < 1.29 is 18.7 Å². The van der Waals surface area contributed by atoms with Crippen LogP contribution in [-0.2, 0) is 13.1 Å². The SMILES string of the molecule is COc1ccc(CN2CCN(Cc3cc(-c4ccccc4)on3)CC2)c(OC)c1OC. The first kappa shape index (κ1) is 21.2. The van der Waals surface area contributed by atoms with Crippen molar-refractivity contribution in [2.45, 2.75) is 13.1 Å². The van der Waals surface area contributed by atoms with Crippen LogP contribution in [0.5, 0.6) is 17.2 Å². The molecule has 0 aliphatic carbocycles. The van der Waals surface area contributed by atoms with Crippen molar-refractivity contribution >= 4 is 0 Å². The highest BCUT2D eigenvalue weighted by Crippen LogP contribution is 2.40. The topological polar surface area (TPSA) is 60.2 Å². The monoisotopic (exact) mass is 423 g/mol. The maximum atomic E-state index is 5.63. The molecule has 1 aromatic heterocycles. The second-order valence-electron chi connectivity index (χ2n) is 7.59. The van der Waals surface area contributed by atoms with Crippen molar-refractivity contribution in [1.29, 1.82) is 0 Å². The number of nitrogens with zero attached hydrogens (tertiary/aromatic N) is 3. The van der Waals surface area contributed by atoms with E-state index in [-0.39, 0.29) is 0 Å². The van der Waals surface area contributed by atoms with E-state index < -0.39 is 0 Å². The standard InChI is InChI=1S/C24H29N3O4/c1-28-21-10-9-19(23(29-2)24(21)30-3)16-26-11-13-27(14-12-26)17-20-15-22(31-25-20)18-7-5-4-6-8-18/h4-10,15H,11-14,16-17H2,1-3H3. The minimum atomic E-state index is 0.640. The molecule has 7 nitrogen and oxygen atoms in total. The van der Waals surface area contributed by atoms with Crippen LogP contribution in [-0.4, -0.2) is 62.5 Å². The van der Waals surface area contributed by atoms with Gasteiger partial charge in [0.1, 0.15) is 0 Å². The average Bonchev–Trinajstić information content (AvgIpc) is 3.29. The molecule has 0 radical (unpaired) electrons. The highest BCUT2D eigenvalue weighted by molar-refractivity contribution is 5.57. The van der Waals surface area contributed by atoms with Crippen molar-refractivity contribution in [2.24, 2.45) is 0 Å². The number of methoxy groups -OCH3 is 3. The lowest BCUT2D eigenvalue weighted by molar-refractivity contribution is 0.119. The van der Waals surface area contributed by atoms with Crippen LogP contribution in [0, 0.1) is 0 Å². The maximum Gasteiger partial charge on any atom is 0.203 e. The van der Waals surface area contributed by atoms with E-state index in [2.05, 4.69) is 15.0 Å². The summed E-state index contributed by atoms with van der Waals surface area (Å²) in [6.45, 7) is 5.50. The Balaban J connectivity index is 1.34. The molecule has 1 aliphatic heterocycles. The molecule has 0 saturated carbocycles. The lowest BCUT2D eigenvalue weighted by Crippen LogP contribution is -2.45. The minimum absolute atomic E-state index is 0.640. The molecule has 0 unspecified atom stereocenters. The van der Waals surface area contributed by atoms with Gasteiger partial charge in [0.15, 0.2) is 17.3 Å². The molecule has 0 spiro atoms. The predicted octanol–water partition coefficient (Wildman–Crippen LogP) is 3.69. The van der Waals surface area contributed by atoms with Gasteiger partial charge in [0.25, 0.3) is 0 Å². The van der Waals surface area contributed by atoms with Gasteiger partial charge in [-0.25, -0.2) is 0 Å². The summed E-state index contributed by atoms with van der Waals surface area (Å²) >= 11 is 0. The molecule has 2 aromatic carbocycles. The van der Waals surface area contributed by atoms with Gasteiger partial charge in [-0.05, 0) is 6.07 Å². The molecule has 4 rings (SSSR count). The highest BCUT2D eigenvalue weighted by Gasteiger charge is 2.22. The van der Waals surface area contributed by atoms with Gasteiger partial charge in [-0.15, -0.1) is 0 Å². The Morgan fingerprint density at radius 2 is 1.48 bits per heavy atom. The van der Waals surface area contributed by atoms with E-state index in [1.807, 2.05) is 48.5 Å². The molecule has 0 bridgehead atoms. The minimum Gasteiger partial charge on any atom is -0.493 e. The molecule has 1 fully saturated rings.